The lowest BCUT2D eigenvalue weighted by Crippen LogP contribution is -2.30. The van der Waals surface area contributed by atoms with Gasteiger partial charge in [0.05, 0.1) is 0 Å². The molecule has 0 amide bonds. The zero-order valence-electron chi connectivity index (χ0n) is 12.9. The molecule has 112 valence electrons. The van der Waals surface area contributed by atoms with Gasteiger partial charge in [-0.3, -0.25) is 4.90 Å². The average molecular weight is 347 g/mol. The van der Waals surface area contributed by atoms with Gasteiger partial charge in [-0.25, -0.2) is 0 Å². The van der Waals surface area contributed by atoms with Crippen LogP contribution in [0, 0.1) is 13.8 Å². The van der Waals surface area contributed by atoms with E-state index in [1.807, 2.05) is 0 Å². The summed E-state index contributed by atoms with van der Waals surface area (Å²) >= 11 is 3.47. The summed E-state index contributed by atoms with van der Waals surface area (Å²) in [4.78, 5) is 2.32. The molecule has 0 heterocycles. The van der Waals surface area contributed by atoms with Crippen molar-refractivity contribution in [3.63, 3.8) is 0 Å². The molecule has 0 aliphatic carbocycles. The number of aryl methyl sites for hydroxylation is 1. The summed E-state index contributed by atoms with van der Waals surface area (Å²) in [5.74, 6) is 0. The Morgan fingerprint density at radius 2 is 1.76 bits per heavy atom. The molecule has 1 unspecified atom stereocenters. The van der Waals surface area contributed by atoms with Crippen LogP contribution in [0.3, 0.4) is 0 Å². The molecule has 2 N–H and O–H groups in total. The molecule has 0 spiro atoms. The molecule has 0 aliphatic rings. The summed E-state index contributed by atoms with van der Waals surface area (Å²) in [6.45, 7) is 5.85. The molecular weight excluding hydrogens is 324 g/mol. The first kappa shape index (κ1) is 16.2. The molecule has 0 aliphatic heterocycles. The SMILES string of the molecule is Cc1cccc(C(CN)N(C)Cc2ccc(Br)cc2)c1C. The highest BCUT2D eigenvalue weighted by atomic mass is 79.9. The minimum atomic E-state index is 0.244. The van der Waals surface area contributed by atoms with Gasteiger partial charge in [-0.2, -0.15) is 0 Å². The molecule has 0 saturated heterocycles. The van der Waals surface area contributed by atoms with Crippen molar-refractivity contribution in [1.29, 1.82) is 0 Å². The van der Waals surface area contributed by atoms with E-state index in [-0.39, 0.29) is 6.04 Å². The number of likely N-dealkylation sites (N-methyl/N-ethyl adjacent to an activating group) is 1. The van der Waals surface area contributed by atoms with Crippen molar-refractivity contribution in [2.75, 3.05) is 13.6 Å². The van der Waals surface area contributed by atoms with Crippen molar-refractivity contribution >= 4 is 15.9 Å². The zero-order valence-corrected chi connectivity index (χ0v) is 14.5. The van der Waals surface area contributed by atoms with Gasteiger partial charge < -0.3 is 5.73 Å². The summed E-state index contributed by atoms with van der Waals surface area (Å²) in [7, 11) is 2.14. The summed E-state index contributed by atoms with van der Waals surface area (Å²) in [6.07, 6.45) is 0. The largest absolute Gasteiger partial charge is 0.329 e. The zero-order chi connectivity index (χ0) is 15.4. The highest BCUT2D eigenvalue weighted by Gasteiger charge is 2.18. The number of nitrogens with two attached hydrogens (primary N) is 1. The van der Waals surface area contributed by atoms with Crippen LogP contribution < -0.4 is 5.73 Å². The molecule has 0 aromatic heterocycles. The van der Waals surface area contributed by atoms with Crippen molar-refractivity contribution in [2.24, 2.45) is 5.73 Å². The minimum Gasteiger partial charge on any atom is -0.329 e. The van der Waals surface area contributed by atoms with Gasteiger partial charge in [0.2, 0.25) is 0 Å². The fourth-order valence-corrected chi connectivity index (χ4v) is 2.93. The third kappa shape index (κ3) is 3.94. The second kappa shape index (κ2) is 7.21. The van der Waals surface area contributed by atoms with E-state index in [0.29, 0.717) is 6.54 Å². The molecule has 1 atom stereocenters. The lowest BCUT2D eigenvalue weighted by Gasteiger charge is -2.29. The Morgan fingerprint density at radius 3 is 2.38 bits per heavy atom. The Morgan fingerprint density at radius 1 is 1.10 bits per heavy atom. The van der Waals surface area contributed by atoms with Gasteiger partial charge in [-0.15, -0.1) is 0 Å². The summed E-state index contributed by atoms with van der Waals surface area (Å²) in [5, 5.41) is 0. The fourth-order valence-electron chi connectivity index (χ4n) is 2.67. The Balaban J connectivity index is 2.20. The van der Waals surface area contributed by atoms with E-state index in [1.54, 1.807) is 0 Å². The Labute approximate surface area is 136 Å². The standard InChI is InChI=1S/C18H23BrN2/c1-13-5-4-6-17(14(13)2)18(11-20)21(3)12-15-7-9-16(19)10-8-15/h4-10,18H,11-12,20H2,1-3H3. The molecular formula is C18H23BrN2. The predicted molar refractivity (Wildman–Crippen MR) is 93.3 cm³/mol. The molecule has 0 saturated carbocycles. The van der Waals surface area contributed by atoms with Gasteiger partial charge in [-0.05, 0) is 55.3 Å². The van der Waals surface area contributed by atoms with Gasteiger partial charge >= 0.3 is 0 Å². The predicted octanol–water partition coefficient (Wildman–Crippen LogP) is 4.20. The van der Waals surface area contributed by atoms with Crippen LogP contribution in [-0.4, -0.2) is 18.5 Å². The smallest absolute Gasteiger partial charge is 0.0473 e. The van der Waals surface area contributed by atoms with E-state index in [9.17, 15) is 0 Å². The van der Waals surface area contributed by atoms with Crippen LogP contribution in [0.25, 0.3) is 0 Å². The number of halogens is 1. The van der Waals surface area contributed by atoms with Crippen molar-refractivity contribution in [3.8, 4) is 0 Å². The van der Waals surface area contributed by atoms with Crippen LogP contribution in [0.15, 0.2) is 46.9 Å². The number of hydrogen-bond acceptors (Lipinski definition) is 2. The number of nitrogens with zero attached hydrogens (tertiary/aromatic N) is 1. The number of hydrogen-bond donors (Lipinski definition) is 1. The quantitative estimate of drug-likeness (QED) is 0.878. The van der Waals surface area contributed by atoms with E-state index in [1.165, 1.54) is 22.3 Å². The van der Waals surface area contributed by atoms with Crippen LogP contribution in [0.2, 0.25) is 0 Å². The number of benzene rings is 2. The molecule has 0 fully saturated rings. The summed E-state index contributed by atoms with van der Waals surface area (Å²) in [5.41, 5.74) is 11.3. The fraction of sp³-hybridized carbons (Fsp3) is 0.333. The van der Waals surface area contributed by atoms with Gasteiger partial charge in [0.1, 0.15) is 0 Å². The van der Waals surface area contributed by atoms with E-state index in [4.69, 9.17) is 5.73 Å². The van der Waals surface area contributed by atoms with E-state index in [0.717, 1.165) is 11.0 Å². The molecule has 3 heteroatoms. The molecule has 2 aromatic rings. The van der Waals surface area contributed by atoms with Crippen molar-refractivity contribution in [1.82, 2.24) is 4.90 Å². The maximum Gasteiger partial charge on any atom is 0.0473 e. The van der Waals surface area contributed by atoms with Crippen LogP contribution in [0.4, 0.5) is 0 Å². The van der Waals surface area contributed by atoms with Crippen molar-refractivity contribution < 1.29 is 0 Å². The first-order valence-corrected chi connectivity index (χ1v) is 8.03. The van der Waals surface area contributed by atoms with E-state index < -0.39 is 0 Å². The van der Waals surface area contributed by atoms with Crippen LogP contribution in [-0.2, 0) is 6.54 Å². The molecule has 2 rings (SSSR count). The normalized spacial score (nSPS) is 12.7. The summed E-state index contributed by atoms with van der Waals surface area (Å²) in [6, 6.07) is 15.2. The lowest BCUT2D eigenvalue weighted by molar-refractivity contribution is 0.241. The van der Waals surface area contributed by atoms with Gasteiger partial charge in [-0.1, -0.05) is 46.3 Å². The third-order valence-electron chi connectivity index (χ3n) is 4.11. The Hall–Kier alpha value is -1.16. The monoisotopic (exact) mass is 346 g/mol. The average Bonchev–Trinajstić information content (AvgIpc) is 2.47. The maximum absolute atomic E-state index is 6.05. The van der Waals surface area contributed by atoms with Crippen LogP contribution in [0.1, 0.15) is 28.3 Å². The third-order valence-corrected chi connectivity index (χ3v) is 4.63. The van der Waals surface area contributed by atoms with Crippen LogP contribution in [0.5, 0.6) is 0 Å². The highest BCUT2D eigenvalue weighted by molar-refractivity contribution is 9.10. The van der Waals surface area contributed by atoms with Crippen molar-refractivity contribution in [2.45, 2.75) is 26.4 Å². The van der Waals surface area contributed by atoms with Gasteiger partial charge in [0, 0.05) is 23.6 Å². The highest BCUT2D eigenvalue weighted by Crippen LogP contribution is 2.25. The first-order valence-electron chi connectivity index (χ1n) is 7.23. The van der Waals surface area contributed by atoms with Crippen molar-refractivity contribution in [3.05, 3.63) is 69.2 Å². The summed E-state index contributed by atoms with van der Waals surface area (Å²) < 4.78 is 1.11. The number of rotatable bonds is 5. The Bertz CT molecular complexity index is 593. The second-order valence-corrected chi connectivity index (χ2v) is 6.50. The topological polar surface area (TPSA) is 29.3 Å². The Kier molecular flexibility index (Phi) is 5.57. The lowest BCUT2D eigenvalue weighted by atomic mass is 9.96. The molecule has 2 nitrogen and oxygen atoms in total. The van der Waals surface area contributed by atoms with E-state index in [2.05, 4.69) is 84.2 Å². The van der Waals surface area contributed by atoms with E-state index >= 15 is 0 Å². The van der Waals surface area contributed by atoms with Gasteiger partial charge in [0.15, 0.2) is 0 Å². The minimum absolute atomic E-state index is 0.244. The molecule has 0 radical (unpaired) electrons. The maximum atomic E-state index is 6.05. The molecule has 2 aromatic carbocycles. The first-order chi connectivity index (χ1) is 10.0. The molecule has 21 heavy (non-hydrogen) atoms. The second-order valence-electron chi connectivity index (χ2n) is 5.58. The van der Waals surface area contributed by atoms with Crippen LogP contribution >= 0.6 is 15.9 Å². The molecule has 0 bridgehead atoms. The van der Waals surface area contributed by atoms with Gasteiger partial charge in [0.25, 0.3) is 0 Å².